The molecule has 1 aliphatic heterocycles. The molecule has 0 amide bonds. The van der Waals surface area contributed by atoms with Crippen molar-refractivity contribution in [2.75, 3.05) is 12.4 Å². The summed E-state index contributed by atoms with van der Waals surface area (Å²) in [5.41, 5.74) is 6.31. The largest absolute Gasteiger partial charge is 0.496 e. The van der Waals surface area contributed by atoms with Crippen molar-refractivity contribution in [2.45, 2.75) is 13.0 Å². The normalized spacial score (nSPS) is 14.3. The maximum Gasteiger partial charge on any atom is 0.331 e. The molecular weight excluding hydrogens is 452 g/mol. The molecule has 1 aliphatic rings. The molecule has 1 atom stereocenters. The van der Waals surface area contributed by atoms with Crippen LogP contribution in [0.3, 0.4) is 0 Å². The average Bonchev–Trinajstić information content (AvgIpc) is 3.27. The van der Waals surface area contributed by atoms with E-state index in [1.807, 2.05) is 79.7 Å². The lowest BCUT2D eigenvalue weighted by Gasteiger charge is -2.31. The van der Waals surface area contributed by atoms with Crippen molar-refractivity contribution in [3.8, 4) is 22.7 Å². The lowest BCUT2D eigenvalue weighted by molar-refractivity contribution is 0.408. The fourth-order valence-corrected chi connectivity index (χ4v) is 5.34. The van der Waals surface area contributed by atoms with Gasteiger partial charge in [-0.3, -0.25) is 13.9 Å². The molecule has 0 saturated heterocycles. The van der Waals surface area contributed by atoms with Crippen LogP contribution in [0.4, 0.5) is 5.69 Å². The van der Waals surface area contributed by atoms with E-state index in [1.54, 1.807) is 18.7 Å². The molecule has 36 heavy (non-hydrogen) atoms. The highest BCUT2D eigenvalue weighted by Gasteiger charge is 2.35. The number of nitrogens with one attached hydrogen (secondary N) is 1. The zero-order valence-electron chi connectivity index (χ0n) is 20.6. The predicted octanol–water partition coefficient (Wildman–Crippen LogP) is 4.53. The number of aryl methyl sites for hydroxylation is 2. The second-order valence-corrected chi connectivity index (χ2v) is 9.20. The van der Waals surface area contributed by atoms with Gasteiger partial charge in [-0.1, -0.05) is 60.2 Å². The van der Waals surface area contributed by atoms with Crippen LogP contribution in [0.5, 0.6) is 5.75 Å². The summed E-state index contributed by atoms with van der Waals surface area (Å²) < 4.78 is 10.6. The minimum absolute atomic E-state index is 0.318. The third-order valence-corrected chi connectivity index (χ3v) is 7.10. The number of hydrogen-bond acceptors (Lipinski definition) is 4. The number of anilines is 1. The van der Waals surface area contributed by atoms with Gasteiger partial charge in [0.2, 0.25) is 0 Å². The number of fused-ring (bicyclic) bond motifs is 5. The summed E-state index contributed by atoms with van der Waals surface area (Å²) in [4.78, 5) is 26.9. The van der Waals surface area contributed by atoms with Crippen LogP contribution in [0.2, 0.25) is 0 Å². The number of hydrogen-bond donors (Lipinski definition) is 1. The van der Waals surface area contributed by atoms with Gasteiger partial charge in [0.05, 0.1) is 46.8 Å². The molecule has 5 aromatic rings. The third-order valence-electron chi connectivity index (χ3n) is 7.10. The first-order valence-corrected chi connectivity index (χ1v) is 11.8. The Labute approximate surface area is 207 Å². The highest BCUT2D eigenvalue weighted by Crippen LogP contribution is 2.46. The van der Waals surface area contributed by atoms with Crippen LogP contribution in [-0.2, 0) is 14.1 Å². The Balaban J connectivity index is 1.86. The van der Waals surface area contributed by atoms with Crippen LogP contribution in [0.15, 0.2) is 82.4 Å². The molecule has 6 rings (SSSR count). The van der Waals surface area contributed by atoms with E-state index in [1.165, 1.54) is 11.6 Å². The first kappa shape index (κ1) is 22.0. The lowest BCUT2D eigenvalue weighted by atomic mass is 9.98. The number of ether oxygens (including phenoxy) is 1. The Morgan fingerprint density at radius 1 is 0.861 bits per heavy atom. The van der Waals surface area contributed by atoms with E-state index in [9.17, 15) is 9.59 Å². The molecule has 0 bridgehead atoms. The van der Waals surface area contributed by atoms with Gasteiger partial charge in [0.25, 0.3) is 5.56 Å². The monoisotopic (exact) mass is 478 g/mol. The number of para-hydroxylation sites is 3. The SMILES string of the molecule is COc1ccccc1[C@H]1Nc2ccccc2-n2c(-c3ccc(C)cc3)c3c(=O)n(C)c(=O)n(C)c3c21. The zero-order valence-corrected chi connectivity index (χ0v) is 20.6. The molecule has 0 saturated carbocycles. The van der Waals surface area contributed by atoms with E-state index in [0.29, 0.717) is 10.9 Å². The molecule has 7 heteroatoms. The first-order chi connectivity index (χ1) is 17.4. The van der Waals surface area contributed by atoms with E-state index in [0.717, 1.165) is 45.2 Å². The lowest BCUT2D eigenvalue weighted by Crippen LogP contribution is -2.37. The standard InChI is InChI=1S/C29H26N4O3/c1-17-13-15-18(16-14-17)25-23-26(31(2)29(35)32(3)28(23)34)27-24(19-9-5-8-12-22(19)36-4)30-20-10-6-7-11-21(20)33(25)27/h5-16,24,30H,1-4H3/t24-/m1/s1. The summed E-state index contributed by atoms with van der Waals surface area (Å²) >= 11 is 0. The minimum atomic E-state index is -0.367. The van der Waals surface area contributed by atoms with Gasteiger partial charge in [-0.25, -0.2) is 4.79 Å². The van der Waals surface area contributed by atoms with Gasteiger partial charge < -0.3 is 14.6 Å². The Morgan fingerprint density at radius 2 is 1.56 bits per heavy atom. The van der Waals surface area contributed by atoms with E-state index in [-0.39, 0.29) is 17.3 Å². The fraction of sp³-hybridized carbons (Fsp3) is 0.172. The number of nitrogens with zero attached hydrogens (tertiary/aromatic N) is 3. The van der Waals surface area contributed by atoms with Crippen molar-refractivity contribution in [3.05, 3.63) is 110 Å². The molecule has 0 unspecified atom stereocenters. The Morgan fingerprint density at radius 3 is 2.31 bits per heavy atom. The summed E-state index contributed by atoms with van der Waals surface area (Å²) in [6.07, 6.45) is 0. The maximum absolute atomic E-state index is 13.7. The first-order valence-electron chi connectivity index (χ1n) is 11.8. The van der Waals surface area contributed by atoms with Gasteiger partial charge in [0.15, 0.2) is 0 Å². The van der Waals surface area contributed by atoms with Crippen molar-refractivity contribution in [1.82, 2.24) is 13.7 Å². The summed E-state index contributed by atoms with van der Waals surface area (Å²) in [6.45, 7) is 2.04. The van der Waals surface area contributed by atoms with Gasteiger partial charge in [-0.2, -0.15) is 0 Å². The molecule has 0 aliphatic carbocycles. The predicted molar refractivity (Wildman–Crippen MR) is 142 cm³/mol. The fourth-order valence-electron chi connectivity index (χ4n) is 5.34. The van der Waals surface area contributed by atoms with Crippen LogP contribution in [-0.4, -0.2) is 20.8 Å². The number of benzene rings is 3. The second-order valence-electron chi connectivity index (χ2n) is 9.20. The van der Waals surface area contributed by atoms with E-state index >= 15 is 0 Å². The summed E-state index contributed by atoms with van der Waals surface area (Å²) in [5.74, 6) is 0.723. The number of rotatable bonds is 3. The van der Waals surface area contributed by atoms with Gasteiger partial charge in [-0.05, 0) is 30.7 Å². The molecular formula is C29H26N4O3. The number of methoxy groups -OCH3 is 1. The molecule has 180 valence electrons. The molecule has 2 aromatic heterocycles. The summed E-state index contributed by atoms with van der Waals surface area (Å²) in [6, 6.07) is 23.6. The molecule has 7 nitrogen and oxygen atoms in total. The van der Waals surface area contributed by atoms with E-state index < -0.39 is 0 Å². The Kier molecular flexibility index (Phi) is 4.89. The van der Waals surface area contributed by atoms with Crippen molar-refractivity contribution in [1.29, 1.82) is 0 Å². The van der Waals surface area contributed by atoms with E-state index in [2.05, 4.69) is 9.88 Å². The molecule has 3 aromatic carbocycles. The topological polar surface area (TPSA) is 70.2 Å². The summed E-state index contributed by atoms with van der Waals surface area (Å²) in [7, 11) is 4.91. The van der Waals surface area contributed by atoms with Crippen LogP contribution in [0.1, 0.15) is 22.9 Å². The second kappa shape index (κ2) is 8.02. The Hall–Kier alpha value is -4.52. The van der Waals surface area contributed by atoms with Crippen LogP contribution in [0.25, 0.3) is 27.8 Å². The van der Waals surface area contributed by atoms with Crippen molar-refractivity contribution < 1.29 is 4.74 Å². The van der Waals surface area contributed by atoms with E-state index in [4.69, 9.17) is 4.74 Å². The van der Waals surface area contributed by atoms with Crippen LogP contribution in [0, 0.1) is 6.92 Å². The van der Waals surface area contributed by atoms with Gasteiger partial charge >= 0.3 is 5.69 Å². The summed E-state index contributed by atoms with van der Waals surface area (Å²) in [5, 5.41) is 4.18. The molecule has 1 N–H and O–H groups in total. The smallest absolute Gasteiger partial charge is 0.331 e. The minimum Gasteiger partial charge on any atom is -0.496 e. The van der Waals surface area contributed by atoms with Crippen molar-refractivity contribution in [2.24, 2.45) is 14.1 Å². The Bertz CT molecular complexity index is 1770. The van der Waals surface area contributed by atoms with Gasteiger partial charge in [0, 0.05) is 19.7 Å². The van der Waals surface area contributed by atoms with Crippen molar-refractivity contribution in [3.63, 3.8) is 0 Å². The van der Waals surface area contributed by atoms with Crippen LogP contribution >= 0.6 is 0 Å². The highest BCUT2D eigenvalue weighted by atomic mass is 16.5. The highest BCUT2D eigenvalue weighted by molar-refractivity contribution is 5.99. The van der Waals surface area contributed by atoms with Crippen molar-refractivity contribution >= 4 is 16.6 Å². The number of aromatic nitrogens is 3. The third kappa shape index (κ3) is 2.99. The maximum atomic E-state index is 13.7. The van der Waals surface area contributed by atoms with Crippen LogP contribution < -0.4 is 21.3 Å². The molecule has 3 heterocycles. The molecule has 0 spiro atoms. The zero-order chi connectivity index (χ0) is 25.1. The van der Waals surface area contributed by atoms with Gasteiger partial charge in [-0.15, -0.1) is 0 Å². The molecule has 0 fully saturated rings. The quantitative estimate of drug-likeness (QED) is 0.414. The average molecular weight is 479 g/mol. The molecule has 0 radical (unpaired) electrons. The van der Waals surface area contributed by atoms with Gasteiger partial charge in [0.1, 0.15) is 5.75 Å².